The summed E-state index contributed by atoms with van der Waals surface area (Å²) in [5.41, 5.74) is 7.44. The van der Waals surface area contributed by atoms with Crippen LogP contribution >= 0.6 is 0 Å². The van der Waals surface area contributed by atoms with E-state index in [1.807, 2.05) is 30.3 Å². The number of aliphatic hydroxyl groups is 1. The first-order valence-electron chi connectivity index (χ1n) is 12.6. The molecule has 3 aromatic rings. The Morgan fingerprint density at radius 3 is 2.18 bits per heavy atom. The Bertz CT molecular complexity index is 1070. The van der Waals surface area contributed by atoms with Crippen molar-refractivity contribution in [2.75, 3.05) is 0 Å². The highest BCUT2D eigenvalue weighted by atomic mass is 16.5. The van der Waals surface area contributed by atoms with Gasteiger partial charge < -0.3 is 9.84 Å². The average Bonchev–Trinajstić information content (AvgIpc) is 2.85. The van der Waals surface area contributed by atoms with Gasteiger partial charge in [-0.15, -0.1) is 0 Å². The predicted molar refractivity (Wildman–Crippen MR) is 143 cm³/mol. The summed E-state index contributed by atoms with van der Waals surface area (Å²) in [6, 6.07) is 18.4. The van der Waals surface area contributed by atoms with Crippen molar-refractivity contribution in [3.8, 4) is 16.9 Å². The van der Waals surface area contributed by atoms with Crippen LogP contribution in [0.4, 0.5) is 0 Å². The van der Waals surface area contributed by atoms with Crippen LogP contribution in [-0.2, 0) is 13.2 Å². The van der Waals surface area contributed by atoms with Crippen molar-refractivity contribution >= 4 is 6.08 Å². The Hall–Kier alpha value is -2.91. The van der Waals surface area contributed by atoms with E-state index in [4.69, 9.17) is 9.72 Å². The van der Waals surface area contributed by atoms with Crippen LogP contribution in [0.1, 0.15) is 93.8 Å². The fourth-order valence-corrected chi connectivity index (χ4v) is 4.23. The van der Waals surface area contributed by atoms with Gasteiger partial charge in [-0.2, -0.15) is 0 Å². The first-order valence-corrected chi connectivity index (χ1v) is 12.6. The average molecular weight is 458 g/mol. The van der Waals surface area contributed by atoms with E-state index >= 15 is 0 Å². The van der Waals surface area contributed by atoms with Gasteiger partial charge in [-0.05, 0) is 47.1 Å². The molecule has 0 atom stereocenters. The quantitative estimate of drug-likeness (QED) is 0.295. The molecule has 0 bridgehead atoms. The van der Waals surface area contributed by atoms with Crippen LogP contribution in [0, 0.1) is 0 Å². The van der Waals surface area contributed by atoms with Crippen LogP contribution in [0.2, 0.25) is 0 Å². The highest BCUT2D eigenvalue weighted by molar-refractivity contribution is 5.80. The van der Waals surface area contributed by atoms with Gasteiger partial charge in [0.2, 0.25) is 0 Å². The smallest absolute Gasteiger partial charge is 0.119 e. The fourth-order valence-electron chi connectivity index (χ4n) is 4.23. The lowest BCUT2D eigenvalue weighted by atomic mass is 9.87. The summed E-state index contributed by atoms with van der Waals surface area (Å²) in [7, 11) is 0. The third kappa shape index (κ3) is 6.36. The molecule has 3 rings (SSSR count). The number of aromatic nitrogens is 1. The number of rotatable bonds is 11. The molecule has 0 spiro atoms. The van der Waals surface area contributed by atoms with Crippen LogP contribution < -0.4 is 4.74 Å². The topological polar surface area (TPSA) is 42.4 Å². The zero-order valence-electron chi connectivity index (χ0n) is 21.3. The fraction of sp³-hybridized carbons (Fsp3) is 0.387. The van der Waals surface area contributed by atoms with Crippen molar-refractivity contribution < 1.29 is 9.84 Å². The number of hydrogen-bond donors (Lipinski definition) is 1. The van der Waals surface area contributed by atoms with Gasteiger partial charge in [0.15, 0.2) is 0 Å². The van der Waals surface area contributed by atoms with Gasteiger partial charge >= 0.3 is 0 Å². The molecule has 3 heteroatoms. The lowest BCUT2D eigenvalue weighted by Crippen LogP contribution is -2.10. The molecule has 2 aromatic carbocycles. The van der Waals surface area contributed by atoms with Crippen molar-refractivity contribution in [3.63, 3.8) is 0 Å². The summed E-state index contributed by atoms with van der Waals surface area (Å²) in [6.07, 6.45) is 7.85. The number of pyridine rings is 1. The highest BCUT2D eigenvalue weighted by Crippen LogP contribution is 2.38. The molecule has 1 N–H and O–H groups in total. The zero-order valence-corrected chi connectivity index (χ0v) is 21.3. The largest absolute Gasteiger partial charge is 0.489 e. The molecule has 1 aromatic heterocycles. The lowest BCUT2D eigenvalue weighted by molar-refractivity contribution is 0.280. The second-order valence-corrected chi connectivity index (χ2v) is 9.46. The van der Waals surface area contributed by atoms with Crippen molar-refractivity contribution in [2.24, 2.45) is 0 Å². The standard InChI is InChI=1S/C31H39NO2/c1-6-7-8-12-15-27-29(28(20-33)31(23(4)5)32-30(27)22(2)3)25-16-18-26(19-17-25)34-21-24-13-10-9-11-14-24/h9-19,22-23,33H,6-8,20-21H2,1-5H3/b15-12+. The molecule has 0 saturated carbocycles. The summed E-state index contributed by atoms with van der Waals surface area (Å²) in [6.45, 7) is 11.4. The number of aliphatic hydroxyl groups excluding tert-OH is 1. The van der Waals surface area contributed by atoms with Gasteiger partial charge in [0.05, 0.1) is 12.3 Å². The monoisotopic (exact) mass is 457 g/mol. The van der Waals surface area contributed by atoms with Crippen molar-refractivity contribution in [1.29, 1.82) is 0 Å². The minimum Gasteiger partial charge on any atom is -0.489 e. The van der Waals surface area contributed by atoms with Crippen LogP contribution in [0.5, 0.6) is 5.75 Å². The zero-order chi connectivity index (χ0) is 24.5. The van der Waals surface area contributed by atoms with Crippen LogP contribution in [-0.4, -0.2) is 10.1 Å². The molecular weight excluding hydrogens is 418 g/mol. The Morgan fingerprint density at radius 1 is 0.912 bits per heavy atom. The molecule has 0 fully saturated rings. The van der Waals surface area contributed by atoms with E-state index in [1.165, 1.54) is 12.8 Å². The van der Waals surface area contributed by atoms with Crippen molar-refractivity contribution in [3.05, 3.63) is 88.8 Å². The molecule has 0 amide bonds. The maximum Gasteiger partial charge on any atom is 0.119 e. The lowest BCUT2D eigenvalue weighted by Gasteiger charge is -2.23. The minimum absolute atomic E-state index is 0.0315. The van der Waals surface area contributed by atoms with Crippen molar-refractivity contribution in [1.82, 2.24) is 4.98 Å². The van der Waals surface area contributed by atoms with Gasteiger partial charge in [-0.3, -0.25) is 4.98 Å². The number of benzene rings is 2. The molecule has 34 heavy (non-hydrogen) atoms. The van der Waals surface area contributed by atoms with Gasteiger partial charge in [-0.1, -0.05) is 102 Å². The number of nitrogens with zero attached hydrogens (tertiary/aromatic N) is 1. The molecule has 0 saturated heterocycles. The Morgan fingerprint density at radius 2 is 1.59 bits per heavy atom. The van der Waals surface area contributed by atoms with Crippen LogP contribution in [0.15, 0.2) is 60.7 Å². The molecule has 3 nitrogen and oxygen atoms in total. The van der Waals surface area contributed by atoms with Gasteiger partial charge in [-0.25, -0.2) is 0 Å². The molecule has 180 valence electrons. The third-order valence-corrected chi connectivity index (χ3v) is 6.05. The Kier molecular flexibility index (Phi) is 9.47. The first kappa shape index (κ1) is 25.7. The maximum absolute atomic E-state index is 10.4. The summed E-state index contributed by atoms with van der Waals surface area (Å²) in [4.78, 5) is 5.07. The van der Waals surface area contributed by atoms with Crippen LogP contribution in [0.3, 0.4) is 0 Å². The SMILES string of the molecule is CCCC/C=C/c1c(C(C)C)nc(C(C)C)c(CO)c1-c1ccc(OCc2ccccc2)cc1. The molecule has 0 aliphatic heterocycles. The van der Waals surface area contributed by atoms with E-state index < -0.39 is 0 Å². The van der Waals surface area contributed by atoms with E-state index in [9.17, 15) is 5.11 Å². The summed E-state index contributed by atoms with van der Waals surface area (Å²) in [5, 5.41) is 10.4. The molecule has 0 radical (unpaired) electrons. The maximum atomic E-state index is 10.4. The van der Waals surface area contributed by atoms with Gasteiger partial charge in [0.25, 0.3) is 0 Å². The summed E-state index contributed by atoms with van der Waals surface area (Å²) in [5.74, 6) is 1.34. The second kappa shape index (κ2) is 12.5. The Labute approximate surface area is 205 Å². The number of unbranched alkanes of at least 4 members (excludes halogenated alkanes) is 2. The first-order chi connectivity index (χ1) is 16.5. The van der Waals surface area contributed by atoms with E-state index in [0.717, 1.165) is 51.4 Å². The highest BCUT2D eigenvalue weighted by Gasteiger charge is 2.22. The summed E-state index contributed by atoms with van der Waals surface area (Å²) < 4.78 is 6.01. The van der Waals surface area contributed by atoms with Gasteiger partial charge in [0, 0.05) is 16.8 Å². The van der Waals surface area contributed by atoms with E-state index in [2.05, 4.69) is 71.0 Å². The molecule has 0 aliphatic rings. The van der Waals surface area contributed by atoms with Crippen molar-refractivity contribution in [2.45, 2.75) is 78.9 Å². The van der Waals surface area contributed by atoms with E-state index in [1.54, 1.807) is 0 Å². The number of ether oxygens (including phenoxy) is 1. The molecule has 0 unspecified atom stereocenters. The van der Waals surface area contributed by atoms with E-state index in [0.29, 0.717) is 6.61 Å². The van der Waals surface area contributed by atoms with Crippen LogP contribution in [0.25, 0.3) is 17.2 Å². The second-order valence-electron chi connectivity index (χ2n) is 9.46. The molecule has 1 heterocycles. The van der Waals surface area contributed by atoms with E-state index in [-0.39, 0.29) is 18.4 Å². The normalized spacial score (nSPS) is 11.6. The summed E-state index contributed by atoms with van der Waals surface area (Å²) >= 11 is 0. The minimum atomic E-state index is -0.0315. The number of hydrogen-bond acceptors (Lipinski definition) is 3. The predicted octanol–water partition coefficient (Wildman–Crippen LogP) is 8.27. The Balaban J connectivity index is 2.05. The molecular formula is C31H39NO2. The third-order valence-electron chi connectivity index (χ3n) is 6.05. The number of allylic oxidation sites excluding steroid dienone is 1. The molecule has 0 aliphatic carbocycles. The van der Waals surface area contributed by atoms with Gasteiger partial charge in [0.1, 0.15) is 12.4 Å².